The van der Waals surface area contributed by atoms with Gasteiger partial charge in [0, 0.05) is 24.1 Å². The molecule has 2 saturated heterocycles. The molecule has 3 aromatic rings. The standard InChI is InChI=1S/C27H29FN4O2S/c28-21-8-10-22(11-9-21)32-25-16-20-12-13-29-18-27(20,19-31-14-4-5-15-31)17-24(25)26(30-32)35(33,34)23-6-2-1-3-7-23/h1-3,6-11,16,29H,4-5,12-15,17-19H2. The van der Waals surface area contributed by atoms with Gasteiger partial charge in [-0.3, -0.25) is 0 Å². The maximum atomic E-state index is 13.8. The smallest absolute Gasteiger partial charge is 0.225 e. The van der Waals surface area contributed by atoms with Crippen LogP contribution in [0.3, 0.4) is 0 Å². The average Bonchev–Trinajstić information content (AvgIpc) is 3.51. The number of fused-ring (bicyclic) bond motifs is 2. The minimum absolute atomic E-state index is 0.102. The Balaban J connectivity index is 1.54. The fourth-order valence-corrected chi connectivity index (χ4v) is 7.31. The third-order valence-corrected chi connectivity index (χ3v) is 9.36. The Morgan fingerprint density at radius 3 is 2.51 bits per heavy atom. The first-order valence-corrected chi connectivity index (χ1v) is 13.8. The van der Waals surface area contributed by atoms with Gasteiger partial charge in [-0.2, -0.15) is 5.10 Å². The first-order valence-electron chi connectivity index (χ1n) is 12.3. The van der Waals surface area contributed by atoms with E-state index in [1.54, 1.807) is 47.1 Å². The Bertz CT molecular complexity index is 1380. The molecule has 35 heavy (non-hydrogen) atoms. The van der Waals surface area contributed by atoms with E-state index in [0.717, 1.165) is 50.4 Å². The van der Waals surface area contributed by atoms with Crippen LogP contribution in [-0.2, 0) is 16.3 Å². The summed E-state index contributed by atoms with van der Waals surface area (Å²) in [5, 5.41) is 8.37. The van der Waals surface area contributed by atoms with E-state index in [1.807, 2.05) is 0 Å². The molecule has 1 atom stereocenters. The molecule has 1 N–H and O–H groups in total. The SMILES string of the molecule is O=S(=O)(c1ccccc1)c1nn(-c2ccc(F)cc2)c2c1CC1(CN3CCCC3)CNCCC1=C2. The predicted octanol–water partition coefficient (Wildman–Crippen LogP) is 3.86. The molecule has 2 aliphatic heterocycles. The van der Waals surface area contributed by atoms with Crippen LogP contribution in [0.5, 0.6) is 0 Å². The molecule has 1 aliphatic carbocycles. The summed E-state index contributed by atoms with van der Waals surface area (Å²) in [4.78, 5) is 2.75. The molecule has 0 spiro atoms. The molecule has 3 aliphatic rings. The van der Waals surface area contributed by atoms with Gasteiger partial charge in [-0.05, 0) is 87.8 Å². The van der Waals surface area contributed by atoms with Crippen molar-refractivity contribution in [2.75, 3.05) is 32.7 Å². The van der Waals surface area contributed by atoms with Gasteiger partial charge in [-0.25, -0.2) is 17.5 Å². The Labute approximate surface area is 205 Å². The van der Waals surface area contributed by atoms with Gasteiger partial charge in [0.15, 0.2) is 5.03 Å². The van der Waals surface area contributed by atoms with E-state index in [-0.39, 0.29) is 21.2 Å². The van der Waals surface area contributed by atoms with E-state index >= 15 is 0 Å². The summed E-state index contributed by atoms with van der Waals surface area (Å²) in [5.41, 5.74) is 3.38. The second-order valence-corrected chi connectivity index (χ2v) is 11.8. The van der Waals surface area contributed by atoms with Crippen LogP contribution in [0.25, 0.3) is 11.8 Å². The summed E-state index contributed by atoms with van der Waals surface area (Å²) in [5.74, 6) is -0.340. The van der Waals surface area contributed by atoms with Crippen LogP contribution in [0.4, 0.5) is 4.39 Å². The number of halogens is 1. The number of benzene rings is 2. The lowest BCUT2D eigenvalue weighted by Gasteiger charge is -2.45. The molecule has 6 rings (SSSR count). The van der Waals surface area contributed by atoms with Crippen LogP contribution < -0.4 is 5.32 Å². The number of nitrogens with one attached hydrogen (secondary N) is 1. The molecule has 0 radical (unpaired) electrons. The largest absolute Gasteiger partial charge is 0.315 e. The molecular formula is C27H29FN4O2S. The van der Waals surface area contributed by atoms with Gasteiger partial charge in [0.1, 0.15) is 5.82 Å². The predicted molar refractivity (Wildman–Crippen MR) is 133 cm³/mol. The summed E-state index contributed by atoms with van der Waals surface area (Å²) in [6, 6.07) is 14.6. The normalized spacial score (nSPS) is 22.5. The highest BCUT2D eigenvalue weighted by Crippen LogP contribution is 2.45. The van der Waals surface area contributed by atoms with E-state index < -0.39 is 9.84 Å². The van der Waals surface area contributed by atoms with E-state index in [9.17, 15) is 12.8 Å². The third-order valence-electron chi connectivity index (χ3n) is 7.63. The topological polar surface area (TPSA) is 67.2 Å². The van der Waals surface area contributed by atoms with Crippen molar-refractivity contribution >= 4 is 15.9 Å². The Hall–Kier alpha value is -2.81. The monoisotopic (exact) mass is 492 g/mol. The van der Waals surface area contributed by atoms with E-state index in [2.05, 4.69) is 21.4 Å². The van der Waals surface area contributed by atoms with Gasteiger partial charge in [0.25, 0.3) is 0 Å². The van der Waals surface area contributed by atoms with Crippen molar-refractivity contribution in [1.82, 2.24) is 20.0 Å². The molecule has 182 valence electrons. The highest BCUT2D eigenvalue weighted by Gasteiger charge is 2.44. The molecule has 8 heteroatoms. The van der Waals surface area contributed by atoms with Gasteiger partial charge < -0.3 is 10.2 Å². The van der Waals surface area contributed by atoms with Crippen LogP contribution >= 0.6 is 0 Å². The average molecular weight is 493 g/mol. The zero-order valence-electron chi connectivity index (χ0n) is 19.6. The Morgan fingerprint density at radius 2 is 1.77 bits per heavy atom. The quantitative estimate of drug-likeness (QED) is 0.586. The molecular weight excluding hydrogens is 463 g/mol. The van der Waals surface area contributed by atoms with Crippen LogP contribution in [-0.4, -0.2) is 55.8 Å². The highest BCUT2D eigenvalue weighted by molar-refractivity contribution is 7.91. The maximum Gasteiger partial charge on any atom is 0.225 e. The van der Waals surface area contributed by atoms with Crippen molar-refractivity contribution < 1.29 is 12.8 Å². The summed E-state index contributed by atoms with van der Waals surface area (Å²) >= 11 is 0. The van der Waals surface area contributed by atoms with Crippen LogP contribution in [0, 0.1) is 11.2 Å². The Morgan fingerprint density at radius 1 is 1.03 bits per heavy atom. The molecule has 1 unspecified atom stereocenters. The van der Waals surface area contributed by atoms with Crippen molar-refractivity contribution in [1.29, 1.82) is 0 Å². The third kappa shape index (κ3) is 3.93. The zero-order chi connectivity index (χ0) is 24.0. The van der Waals surface area contributed by atoms with Gasteiger partial charge in [0.2, 0.25) is 9.84 Å². The van der Waals surface area contributed by atoms with E-state index in [1.165, 1.54) is 30.5 Å². The lowest BCUT2D eigenvalue weighted by molar-refractivity contribution is 0.182. The number of nitrogens with zero attached hydrogens (tertiary/aromatic N) is 3. The van der Waals surface area contributed by atoms with Crippen LogP contribution in [0.2, 0.25) is 0 Å². The van der Waals surface area contributed by atoms with Crippen molar-refractivity contribution in [3.05, 3.63) is 77.2 Å². The summed E-state index contributed by atoms with van der Waals surface area (Å²) < 4.78 is 43.0. The fraction of sp³-hybridized carbons (Fsp3) is 0.370. The molecule has 6 nitrogen and oxygen atoms in total. The number of hydrogen-bond acceptors (Lipinski definition) is 5. The minimum Gasteiger partial charge on any atom is -0.315 e. The molecule has 2 aromatic carbocycles. The molecule has 3 heterocycles. The number of aromatic nitrogens is 2. The van der Waals surface area contributed by atoms with Gasteiger partial charge >= 0.3 is 0 Å². The van der Waals surface area contributed by atoms with Gasteiger partial charge in [-0.15, -0.1) is 0 Å². The minimum atomic E-state index is -3.84. The van der Waals surface area contributed by atoms with Crippen LogP contribution in [0.15, 0.2) is 70.1 Å². The van der Waals surface area contributed by atoms with Crippen molar-refractivity contribution in [2.45, 2.75) is 35.6 Å². The number of hydrogen-bond donors (Lipinski definition) is 1. The van der Waals surface area contributed by atoms with E-state index in [0.29, 0.717) is 12.1 Å². The number of rotatable bonds is 5. The lowest BCUT2D eigenvalue weighted by Crippen LogP contribution is -2.51. The van der Waals surface area contributed by atoms with Crippen molar-refractivity contribution in [3.63, 3.8) is 0 Å². The molecule has 0 amide bonds. The van der Waals surface area contributed by atoms with Crippen molar-refractivity contribution in [3.8, 4) is 5.69 Å². The molecule has 0 bridgehead atoms. The molecule has 2 fully saturated rings. The maximum absolute atomic E-state index is 13.8. The van der Waals surface area contributed by atoms with Crippen molar-refractivity contribution in [2.24, 2.45) is 5.41 Å². The van der Waals surface area contributed by atoms with Crippen LogP contribution in [0.1, 0.15) is 30.5 Å². The zero-order valence-corrected chi connectivity index (χ0v) is 20.4. The summed E-state index contributed by atoms with van der Waals surface area (Å²) in [6.07, 6.45) is 6.12. The summed E-state index contributed by atoms with van der Waals surface area (Å²) in [6.45, 7) is 4.82. The fourth-order valence-electron chi connectivity index (χ4n) is 5.88. The summed E-state index contributed by atoms with van der Waals surface area (Å²) in [7, 11) is -3.84. The lowest BCUT2D eigenvalue weighted by atomic mass is 9.68. The Kier molecular flexibility index (Phi) is 5.62. The number of sulfone groups is 1. The molecule has 1 aromatic heterocycles. The number of piperidine rings is 1. The number of likely N-dealkylation sites (tertiary alicyclic amines) is 1. The second kappa shape index (κ2) is 8.69. The highest BCUT2D eigenvalue weighted by atomic mass is 32.2. The first-order chi connectivity index (χ1) is 17.0. The first kappa shape index (κ1) is 22.6. The second-order valence-electron chi connectivity index (χ2n) is 9.91. The van der Waals surface area contributed by atoms with E-state index in [4.69, 9.17) is 0 Å². The van der Waals surface area contributed by atoms with Gasteiger partial charge in [-0.1, -0.05) is 23.8 Å². The molecule has 0 saturated carbocycles. The van der Waals surface area contributed by atoms with Gasteiger partial charge in [0.05, 0.1) is 16.3 Å².